The standard InChI is InChI=1S/C25H30P/c1-6-22-18-25(17-12-21(22)5)26(7-2,23-13-8-19(3)9-14-23)24-15-10-20(4)11-16-24/h8-18H,6-7H2,1-5H3/q+1. The van der Waals surface area contributed by atoms with Crippen LogP contribution in [0.4, 0.5) is 0 Å². The minimum atomic E-state index is -1.63. The zero-order valence-electron chi connectivity index (χ0n) is 16.7. The molecule has 0 spiro atoms. The molecular formula is C25H30P+. The summed E-state index contributed by atoms with van der Waals surface area (Å²) in [6.45, 7) is 11.2. The minimum absolute atomic E-state index is 1.09. The van der Waals surface area contributed by atoms with Crippen molar-refractivity contribution in [2.75, 3.05) is 6.16 Å². The summed E-state index contributed by atoms with van der Waals surface area (Å²) in [6, 6.07) is 25.7. The Bertz CT molecular complexity index is 828. The van der Waals surface area contributed by atoms with Gasteiger partial charge in [0.15, 0.2) is 0 Å². The van der Waals surface area contributed by atoms with Crippen LogP contribution in [0.3, 0.4) is 0 Å². The lowest BCUT2D eigenvalue weighted by atomic mass is 10.1. The molecule has 0 nitrogen and oxygen atoms in total. The van der Waals surface area contributed by atoms with Gasteiger partial charge in [0.25, 0.3) is 0 Å². The van der Waals surface area contributed by atoms with Crippen LogP contribution in [0.1, 0.15) is 36.1 Å². The Kier molecular flexibility index (Phi) is 5.64. The molecule has 0 aliphatic rings. The van der Waals surface area contributed by atoms with E-state index in [0.717, 1.165) is 12.6 Å². The molecule has 0 N–H and O–H groups in total. The molecule has 134 valence electrons. The summed E-state index contributed by atoms with van der Waals surface area (Å²) in [5.74, 6) is 0. The van der Waals surface area contributed by atoms with Crippen LogP contribution in [0.2, 0.25) is 0 Å². The molecule has 0 amide bonds. The van der Waals surface area contributed by atoms with E-state index in [2.05, 4.69) is 101 Å². The molecule has 0 fully saturated rings. The summed E-state index contributed by atoms with van der Waals surface area (Å²) in [4.78, 5) is 0. The molecule has 0 aromatic heterocycles. The van der Waals surface area contributed by atoms with Gasteiger partial charge in [0.05, 0.1) is 6.16 Å². The lowest BCUT2D eigenvalue weighted by Crippen LogP contribution is -2.33. The van der Waals surface area contributed by atoms with Crippen molar-refractivity contribution in [3.05, 3.63) is 89.0 Å². The molecule has 3 aromatic rings. The molecule has 1 heteroatoms. The van der Waals surface area contributed by atoms with E-state index in [4.69, 9.17) is 0 Å². The van der Waals surface area contributed by atoms with E-state index >= 15 is 0 Å². The van der Waals surface area contributed by atoms with Crippen molar-refractivity contribution in [1.29, 1.82) is 0 Å². The van der Waals surface area contributed by atoms with Crippen LogP contribution in [0.15, 0.2) is 66.7 Å². The van der Waals surface area contributed by atoms with Crippen LogP contribution in [0, 0.1) is 20.8 Å². The molecule has 26 heavy (non-hydrogen) atoms. The first-order chi connectivity index (χ1) is 12.5. The first kappa shape index (κ1) is 18.9. The van der Waals surface area contributed by atoms with Crippen LogP contribution in [0.5, 0.6) is 0 Å². The van der Waals surface area contributed by atoms with E-state index in [1.165, 1.54) is 38.2 Å². The number of rotatable bonds is 5. The second kappa shape index (κ2) is 7.77. The third kappa shape index (κ3) is 3.36. The fourth-order valence-electron chi connectivity index (χ4n) is 3.87. The Morgan fingerprint density at radius 1 is 0.615 bits per heavy atom. The van der Waals surface area contributed by atoms with E-state index in [1.807, 2.05) is 0 Å². The van der Waals surface area contributed by atoms with Crippen LogP contribution in [-0.2, 0) is 6.42 Å². The van der Waals surface area contributed by atoms with Gasteiger partial charge in [-0.05, 0) is 81.6 Å². The molecule has 0 unspecified atom stereocenters. The average Bonchev–Trinajstić information content (AvgIpc) is 2.66. The highest BCUT2D eigenvalue weighted by Gasteiger charge is 2.43. The largest absolute Gasteiger partial charge is 0.111 e. The fourth-order valence-corrected chi connectivity index (χ4v) is 7.88. The summed E-state index contributed by atoms with van der Waals surface area (Å²) < 4.78 is 0. The molecule has 0 aliphatic carbocycles. The first-order valence-electron chi connectivity index (χ1n) is 9.64. The number of hydrogen-bond acceptors (Lipinski definition) is 0. The van der Waals surface area contributed by atoms with Crippen molar-refractivity contribution in [2.45, 2.75) is 41.0 Å². The zero-order chi connectivity index (χ0) is 18.7. The van der Waals surface area contributed by atoms with Crippen LogP contribution >= 0.6 is 7.26 Å². The molecule has 0 aliphatic heterocycles. The minimum Gasteiger partial charge on any atom is -0.0613 e. The highest BCUT2D eigenvalue weighted by molar-refractivity contribution is 7.95. The van der Waals surface area contributed by atoms with E-state index in [9.17, 15) is 0 Å². The van der Waals surface area contributed by atoms with E-state index < -0.39 is 7.26 Å². The maximum atomic E-state index is 2.48. The number of benzene rings is 3. The maximum absolute atomic E-state index is 2.48. The van der Waals surface area contributed by atoms with Gasteiger partial charge in [-0.2, -0.15) is 0 Å². The topological polar surface area (TPSA) is 0 Å². The first-order valence-corrected chi connectivity index (χ1v) is 11.6. The van der Waals surface area contributed by atoms with Crippen molar-refractivity contribution in [1.82, 2.24) is 0 Å². The highest BCUT2D eigenvalue weighted by Crippen LogP contribution is 2.55. The van der Waals surface area contributed by atoms with Crippen LogP contribution in [-0.4, -0.2) is 6.16 Å². The van der Waals surface area contributed by atoms with Gasteiger partial charge in [-0.25, -0.2) is 0 Å². The van der Waals surface area contributed by atoms with E-state index in [0.29, 0.717) is 0 Å². The number of aryl methyl sites for hydroxylation is 4. The Morgan fingerprint density at radius 2 is 1.08 bits per heavy atom. The van der Waals surface area contributed by atoms with Gasteiger partial charge < -0.3 is 0 Å². The van der Waals surface area contributed by atoms with Crippen molar-refractivity contribution in [2.24, 2.45) is 0 Å². The lowest BCUT2D eigenvalue weighted by Gasteiger charge is -2.27. The third-order valence-corrected chi connectivity index (χ3v) is 10.0. The van der Waals surface area contributed by atoms with Gasteiger partial charge in [-0.15, -0.1) is 0 Å². The van der Waals surface area contributed by atoms with Crippen molar-refractivity contribution in [3.8, 4) is 0 Å². The van der Waals surface area contributed by atoms with Crippen molar-refractivity contribution < 1.29 is 0 Å². The summed E-state index contributed by atoms with van der Waals surface area (Å²) in [5.41, 5.74) is 5.52. The number of hydrogen-bond donors (Lipinski definition) is 0. The maximum Gasteiger partial charge on any atom is 0.111 e. The molecule has 0 atom stereocenters. The molecule has 0 saturated carbocycles. The SMILES string of the molecule is CCc1cc([P+](CC)(c2ccc(C)cc2)c2ccc(C)cc2)ccc1C. The molecule has 3 aromatic carbocycles. The third-order valence-electron chi connectivity index (χ3n) is 5.58. The van der Waals surface area contributed by atoms with Gasteiger partial charge in [0.1, 0.15) is 23.2 Å². The molecule has 0 bridgehead atoms. The summed E-state index contributed by atoms with van der Waals surface area (Å²) in [6.07, 6.45) is 2.23. The van der Waals surface area contributed by atoms with Crippen molar-refractivity contribution in [3.63, 3.8) is 0 Å². The van der Waals surface area contributed by atoms with Gasteiger partial charge in [-0.1, -0.05) is 48.4 Å². The Balaban J connectivity index is 2.30. The Hall–Kier alpha value is -1.91. The zero-order valence-corrected chi connectivity index (χ0v) is 17.6. The summed E-state index contributed by atoms with van der Waals surface area (Å²) >= 11 is 0. The Morgan fingerprint density at radius 3 is 1.50 bits per heavy atom. The predicted octanol–water partition coefficient (Wildman–Crippen LogP) is 5.49. The Labute approximate surface area is 159 Å². The predicted molar refractivity (Wildman–Crippen MR) is 119 cm³/mol. The smallest absolute Gasteiger partial charge is 0.0613 e. The molecular weight excluding hydrogens is 331 g/mol. The molecule has 0 radical (unpaired) electrons. The van der Waals surface area contributed by atoms with Gasteiger partial charge in [-0.3, -0.25) is 0 Å². The van der Waals surface area contributed by atoms with Gasteiger partial charge in [0.2, 0.25) is 0 Å². The van der Waals surface area contributed by atoms with E-state index in [-0.39, 0.29) is 0 Å². The van der Waals surface area contributed by atoms with Crippen LogP contribution < -0.4 is 15.9 Å². The average molecular weight is 361 g/mol. The second-order valence-electron chi connectivity index (χ2n) is 7.26. The molecule has 3 rings (SSSR count). The van der Waals surface area contributed by atoms with Gasteiger partial charge in [0, 0.05) is 0 Å². The summed E-state index contributed by atoms with van der Waals surface area (Å²) in [5, 5.41) is 4.48. The monoisotopic (exact) mass is 361 g/mol. The fraction of sp³-hybridized carbons (Fsp3) is 0.280. The van der Waals surface area contributed by atoms with Crippen LogP contribution in [0.25, 0.3) is 0 Å². The van der Waals surface area contributed by atoms with Crippen molar-refractivity contribution >= 4 is 23.2 Å². The lowest BCUT2D eigenvalue weighted by molar-refractivity contribution is 1.11. The second-order valence-corrected chi connectivity index (χ2v) is 11.1. The van der Waals surface area contributed by atoms with Gasteiger partial charge >= 0.3 is 0 Å². The molecule has 0 saturated heterocycles. The summed E-state index contributed by atoms with van der Waals surface area (Å²) in [7, 11) is -1.63. The normalized spacial score (nSPS) is 11.6. The quantitative estimate of drug-likeness (QED) is 0.527. The van der Waals surface area contributed by atoms with E-state index in [1.54, 1.807) is 0 Å². The molecule has 0 heterocycles. The highest BCUT2D eigenvalue weighted by atomic mass is 31.2.